The highest BCUT2D eigenvalue weighted by Crippen LogP contribution is 2.13. The molecule has 0 aliphatic carbocycles. The van der Waals surface area contributed by atoms with Gasteiger partial charge in [-0.1, -0.05) is 0 Å². The lowest BCUT2D eigenvalue weighted by molar-refractivity contribution is -0.134. The predicted octanol–water partition coefficient (Wildman–Crippen LogP) is 1.39. The van der Waals surface area contributed by atoms with E-state index in [2.05, 4.69) is 28.2 Å². The molecule has 0 bridgehead atoms. The Kier molecular flexibility index (Phi) is 5.30. The van der Waals surface area contributed by atoms with Gasteiger partial charge in [0.15, 0.2) is 0 Å². The second kappa shape index (κ2) is 7.61. The fourth-order valence-electron chi connectivity index (χ4n) is 3.16. The lowest BCUT2D eigenvalue weighted by atomic mass is 10.2. The quantitative estimate of drug-likeness (QED) is 0.831. The molecule has 1 saturated heterocycles. The Labute approximate surface area is 142 Å². The highest BCUT2D eigenvalue weighted by atomic mass is 16.2. The summed E-state index contributed by atoms with van der Waals surface area (Å²) < 4.78 is 3.68. The number of aryl methyl sites for hydroxylation is 1. The minimum atomic E-state index is -0.241. The van der Waals surface area contributed by atoms with E-state index in [0.717, 1.165) is 45.7 Å². The van der Waals surface area contributed by atoms with E-state index in [1.54, 1.807) is 10.9 Å². The van der Waals surface area contributed by atoms with Crippen LogP contribution in [0.4, 0.5) is 0 Å². The summed E-state index contributed by atoms with van der Waals surface area (Å²) in [5.41, 5.74) is 1.24. The first-order valence-electron chi connectivity index (χ1n) is 8.69. The molecule has 1 amide bonds. The van der Waals surface area contributed by atoms with Crippen molar-refractivity contribution in [3.05, 3.63) is 36.4 Å². The number of nitrogens with zero attached hydrogens (tertiary/aromatic N) is 6. The third-order valence-electron chi connectivity index (χ3n) is 4.60. The summed E-state index contributed by atoms with van der Waals surface area (Å²) >= 11 is 0. The Balaban J connectivity index is 1.55. The largest absolute Gasteiger partial charge is 0.340 e. The van der Waals surface area contributed by atoms with Crippen LogP contribution in [0, 0.1) is 0 Å². The zero-order valence-electron chi connectivity index (χ0n) is 14.5. The van der Waals surface area contributed by atoms with E-state index in [9.17, 15) is 4.79 Å². The van der Waals surface area contributed by atoms with Crippen LogP contribution in [0.5, 0.6) is 0 Å². The molecule has 3 rings (SSSR count). The second-order valence-electron chi connectivity index (χ2n) is 6.32. The van der Waals surface area contributed by atoms with Gasteiger partial charge in [-0.15, -0.1) is 0 Å². The number of carbonyl (C=O) groups is 1. The second-order valence-corrected chi connectivity index (χ2v) is 6.32. The van der Waals surface area contributed by atoms with Gasteiger partial charge in [-0.05, 0) is 26.3 Å². The maximum absolute atomic E-state index is 12.7. The molecule has 24 heavy (non-hydrogen) atoms. The molecule has 2 aromatic heterocycles. The van der Waals surface area contributed by atoms with Gasteiger partial charge in [0.25, 0.3) is 0 Å². The Morgan fingerprint density at radius 2 is 2.12 bits per heavy atom. The standard InChI is InChI=1S/C17H26N6O/c1-3-22-14-16(12-19-22)13-20-7-5-8-21(11-10-20)17(24)15(2)23-9-4-6-18-23/h4,6,9,12,14-15H,3,5,7-8,10-11,13H2,1-2H3/t15-/m0/s1. The molecule has 7 heteroatoms. The van der Waals surface area contributed by atoms with E-state index in [1.807, 2.05) is 35.0 Å². The Morgan fingerprint density at radius 1 is 1.25 bits per heavy atom. The van der Waals surface area contributed by atoms with Gasteiger partial charge in [-0.2, -0.15) is 10.2 Å². The number of carbonyl (C=O) groups excluding carboxylic acids is 1. The lowest BCUT2D eigenvalue weighted by Crippen LogP contribution is -2.39. The Bertz CT molecular complexity index is 650. The monoisotopic (exact) mass is 330 g/mol. The zero-order valence-corrected chi connectivity index (χ0v) is 14.5. The fraction of sp³-hybridized carbons (Fsp3) is 0.588. The van der Waals surface area contributed by atoms with Gasteiger partial charge in [0, 0.05) is 63.4 Å². The van der Waals surface area contributed by atoms with Gasteiger partial charge in [-0.25, -0.2) is 0 Å². The average Bonchev–Trinajstić information content (AvgIpc) is 3.23. The highest BCUT2D eigenvalue weighted by Gasteiger charge is 2.24. The van der Waals surface area contributed by atoms with Crippen molar-refractivity contribution in [1.82, 2.24) is 29.4 Å². The first-order chi connectivity index (χ1) is 11.7. The third-order valence-corrected chi connectivity index (χ3v) is 4.60. The van der Waals surface area contributed by atoms with Crippen LogP contribution >= 0.6 is 0 Å². The molecule has 0 radical (unpaired) electrons. The topological polar surface area (TPSA) is 59.2 Å². The Hall–Kier alpha value is -2.15. The number of amides is 1. The SMILES string of the molecule is CCn1cc(CN2CCCN(C(=O)[C@H](C)n3cccn3)CC2)cn1. The summed E-state index contributed by atoms with van der Waals surface area (Å²) in [6, 6.07) is 1.61. The van der Waals surface area contributed by atoms with Gasteiger partial charge in [0.2, 0.25) is 5.91 Å². The molecular weight excluding hydrogens is 304 g/mol. The van der Waals surface area contributed by atoms with E-state index in [1.165, 1.54) is 5.56 Å². The van der Waals surface area contributed by atoms with Crippen molar-refractivity contribution >= 4 is 5.91 Å². The van der Waals surface area contributed by atoms with Crippen LogP contribution in [0.2, 0.25) is 0 Å². The van der Waals surface area contributed by atoms with Gasteiger partial charge in [-0.3, -0.25) is 19.1 Å². The van der Waals surface area contributed by atoms with E-state index >= 15 is 0 Å². The molecule has 7 nitrogen and oxygen atoms in total. The normalized spacial score (nSPS) is 17.7. The maximum Gasteiger partial charge on any atom is 0.247 e. The van der Waals surface area contributed by atoms with Crippen molar-refractivity contribution in [3.8, 4) is 0 Å². The van der Waals surface area contributed by atoms with Gasteiger partial charge < -0.3 is 4.90 Å². The molecule has 0 aromatic carbocycles. The van der Waals surface area contributed by atoms with Crippen molar-refractivity contribution in [2.75, 3.05) is 26.2 Å². The van der Waals surface area contributed by atoms with Crippen LogP contribution in [-0.2, 0) is 17.9 Å². The molecule has 1 atom stereocenters. The highest BCUT2D eigenvalue weighted by molar-refractivity contribution is 5.80. The first-order valence-corrected chi connectivity index (χ1v) is 8.69. The average molecular weight is 330 g/mol. The summed E-state index contributed by atoms with van der Waals surface area (Å²) in [6.45, 7) is 9.29. The van der Waals surface area contributed by atoms with E-state index < -0.39 is 0 Å². The first kappa shape index (κ1) is 16.7. The van der Waals surface area contributed by atoms with Gasteiger partial charge >= 0.3 is 0 Å². The van der Waals surface area contributed by atoms with Crippen molar-refractivity contribution in [2.24, 2.45) is 0 Å². The fourth-order valence-corrected chi connectivity index (χ4v) is 3.16. The molecule has 1 fully saturated rings. The van der Waals surface area contributed by atoms with Crippen LogP contribution in [0.15, 0.2) is 30.9 Å². The lowest BCUT2D eigenvalue weighted by Gasteiger charge is -2.24. The summed E-state index contributed by atoms with van der Waals surface area (Å²) in [5, 5.41) is 8.52. The molecule has 1 aliphatic rings. The van der Waals surface area contributed by atoms with Gasteiger partial charge in [0.05, 0.1) is 6.20 Å². The molecule has 3 heterocycles. The summed E-state index contributed by atoms with van der Waals surface area (Å²) in [5.74, 6) is 0.152. The van der Waals surface area contributed by atoms with Crippen LogP contribution in [0.25, 0.3) is 0 Å². The van der Waals surface area contributed by atoms with E-state index in [4.69, 9.17) is 0 Å². The van der Waals surface area contributed by atoms with Gasteiger partial charge in [0.1, 0.15) is 6.04 Å². The minimum Gasteiger partial charge on any atom is -0.340 e. The molecular formula is C17H26N6O. The Morgan fingerprint density at radius 3 is 2.83 bits per heavy atom. The van der Waals surface area contributed by atoms with E-state index in [0.29, 0.717) is 0 Å². The van der Waals surface area contributed by atoms with Crippen molar-refractivity contribution < 1.29 is 4.79 Å². The van der Waals surface area contributed by atoms with Crippen LogP contribution in [0.3, 0.4) is 0 Å². The van der Waals surface area contributed by atoms with Crippen LogP contribution in [0.1, 0.15) is 31.9 Å². The van der Waals surface area contributed by atoms with E-state index in [-0.39, 0.29) is 11.9 Å². The maximum atomic E-state index is 12.7. The summed E-state index contributed by atoms with van der Waals surface area (Å²) in [6.07, 6.45) is 8.60. The molecule has 2 aromatic rings. The number of hydrogen-bond acceptors (Lipinski definition) is 4. The molecule has 0 unspecified atom stereocenters. The van der Waals surface area contributed by atoms with Crippen molar-refractivity contribution in [3.63, 3.8) is 0 Å². The molecule has 0 saturated carbocycles. The molecule has 1 aliphatic heterocycles. The molecule has 0 N–H and O–H groups in total. The van der Waals surface area contributed by atoms with Crippen molar-refractivity contribution in [2.45, 2.75) is 39.4 Å². The third kappa shape index (κ3) is 3.84. The van der Waals surface area contributed by atoms with Crippen LogP contribution < -0.4 is 0 Å². The van der Waals surface area contributed by atoms with Crippen molar-refractivity contribution in [1.29, 1.82) is 0 Å². The predicted molar refractivity (Wildman–Crippen MR) is 91.3 cm³/mol. The number of aromatic nitrogens is 4. The number of rotatable bonds is 5. The molecule has 130 valence electrons. The smallest absolute Gasteiger partial charge is 0.247 e. The molecule has 0 spiro atoms. The summed E-state index contributed by atoms with van der Waals surface area (Å²) in [7, 11) is 0. The summed E-state index contributed by atoms with van der Waals surface area (Å²) in [4.78, 5) is 17.1. The minimum absolute atomic E-state index is 0.152. The zero-order chi connectivity index (χ0) is 16.9. The number of hydrogen-bond donors (Lipinski definition) is 0. The van der Waals surface area contributed by atoms with Crippen LogP contribution in [-0.4, -0.2) is 61.4 Å².